The van der Waals surface area contributed by atoms with E-state index in [1.807, 2.05) is 43.3 Å². The van der Waals surface area contributed by atoms with Crippen LogP contribution in [-0.4, -0.2) is 36.2 Å². The van der Waals surface area contributed by atoms with Crippen molar-refractivity contribution >= 4 is 24.0 Å². The average molecular weight is 419 g/mol. The molecule has 0 radical (unpaired) electrons. The molecule has 166 valence electrons. The fourth-order valence-electron chi connectivity index (χ4n) is 1.17. The molecule has 1 rings (SSSR count). The molecule has 1 N–H and O–H groups in total. The fourth-order valence-corrected chi connectivity index (χ4v) is 1.17. The van der Waals surface area contributed by atoms with Crippen LogP contribution in [0, 0.1) is 0 Å². The number of hydrogen-bond donors (Lipinski definition) is 1. The topological polar surface area (TPSA) is 89.9 Å². The van der Waals surface area contributed by atoms with Gasteiger partial charge >= 0.3 is 17.9 Å². The van der Waals surface area contributed by atoms with Gasteiger partial charge in [0.05, 0.1) is 13.2 Å². The van der Waals surface area contributed by atoms with E-state index in [9.17, 15) is 14.4 Å². The van der Waals surface area contributed by atoms with Crippen LogP contribution in [0.25, 0.3) is 6.08 Å². The molecule has 0 aliphatic carbocycles. The minimum Gasteiger partial charge on any atom is -0.478 e. The molecule has 0 saturated heterocycles. The van der Waals surface area contributed by atoms with Crippen molar-refractivity contribution in [1.29, 1.82) is 0 Å². The van der Waals surface area contributed by atoms with E-state index in [4.69, 9.17) is 5.11 Å². The van der Waals surface area contributed by atoms with Gasteiger partial charge in [-0.05, 0) is 25.8 Å². The van der Waals surface area contributed by atoms with Crippen molar-refractivity contribution in [2.24, 2.45) is 0 Å². The summed E-state index contributed by atoms with van der Waals surface area (Å²) >= 11 is 0. The molecule has 0 aliphatic heterocycles. The van der Waals surface area contributed by atoms with Gasteiger partial charge in [0.1, 0.15) is 0 Å². The highest BCUT2D eigenvalue weighted by Gasteiger charge is 1.91. The SMILES string of the molecule is C=C(C)C(=O)O.C=CC(=O)OCC.C=CC(=O)OCCCC.C=Cc1ccccc1. The molecule has 0 aliphatic rings. The normalized spacial score (nSPS) is 8.10. The van der Waals surface area contributed by atoms with Crippen LogP contribution >= 0.6 is 0 Å². The van der Waals surface area contributed by atoms with Crippen molar-refractivity contribution in [3.8, 4) is 0 Å². The van der Waals surface area contributed by atoms with Gasteiger partial charge in [-0.1, -0.05) is 76.1 Å². The molecule has 6 heteroatoms. The Morgan fingerprint density at radius 3 is 1.70 bits per heavy atom. The smallest absolute Gasteiger partial charge is 0.330 e. The molecule has 1 aromatic carbocycles. The first-order chi connectivity index (χ1) is 14.2. The van der Waals surface area contributed by atoms with E-state index in [0.717, 1.165) is 18.9 Å². The third-order valence-electron chi connectivity index (χ3n) is 2.76. The number of unbranched alkanes of at least 4 members (excludes halogenated alkanes) is 1. The predicted octanol–water partition coefficient (Wildman–Crippen LogP) is 5.23. The van der Waals surface area contributed by atoms with Gasteiger partial charge in [0, 0.05) is 17.7 Å². The summed E-state index contributed by atoms with van der Waals surface area (Å²) in [4.78, 5) is 30.0. The summed E-state index contributed by atoms with van der Waals surface area (Å²) < 4.78 is 9.11. The number of benzene rings is 1. The second-order valence-corrected chi connectivity index (χ2v) is 5.38. The summed E-state index contributed by atoms with van der Waals surface area (Å²) in [7, 11) is 0. The number of carbonyl (C=O) groups is 3. The highest BCUT2D eigenvalue weighted by atomic mass is 16.5. The van der Waals surface area contributed by atoms with Gasteiger partial charge < -0.3 is 14.6 Å². The average Bonchev–Trinajstić information content (AvgIpc) is 2.75. The number of ether oxygens (including phenoxy) is 2. The third kappa shape index (κ3) is 26.8. The summed E-state index contributed by atoms with van der Waals surface area (Å²) in [5.41, 5.74) is 1.35. The van der Waals surface area contributed by atoms with Gasteiger partial charge in [-0.15, -0.1) is 0 Å². The lowest BCUT2D eigenvalue weighted by Crippen LogP contribution is -2.00. The zero-order valence-electron chi connectivity index (χ0n) is 18.3. The zero-order valence-corrected chi connectivity index (χ0v) is 18.3. The Morgan fingerprint density at radius 2 is 1.43 bits per heavy atom. The lowest BCUT2D eigenvalue weighted by atomic mass is 10.2. The second-order valence-electron chi connectivity index (χ2n) is 5.38. The minimum atomic E-state index is -0.935. The quantitative estimate of drug-likeness (QED) is 0.353. The molecule has 0 spiro atoms. The summed E-state index contributed by atoms with van der Waals surface area (Å²) in [6.07, 6.45) is 6.13. The first-order valence-electron chi connectivity index (χ1n) is 9.34. The number of esters is 2. The van der Waals surface area contributed by atoms with E-state index in [2.05, 4.69) is 35.8 Å². The largest absolute Gasteiger partial charge is 0.478 e. The molecule has 30 heavy (non-hydrogen) atoms. The number of carboxylic acids is 1. The van der Waals surface area contributed by atoms with Gasteiger partial charge in [0.15, 0.2) is 0 Å². The van der Waals surface area contributed by atoms with Gasteiger partial charge in [-0.3, -0.25) is 0 Å². The minimum absolute atomic E-state index is 0.176. The molecule has 6 nitrogen and oxygen atoms in total. The van der Waals surface area contributed by atoms with Crippen LogP contribution in [0.2, 0.25) is 0 Å². The zero-order chi connectivity index (χ0) is 23.8. The van der Waals surface area contributed by atoms with Crippen molar-refractivity contribution in [2.45, 2.75) is 33.6 Å². The number of aliphatic carboxylic acids is 1. The van der Waals surface area contributed by atoms with Crippen LogP contribution in [0.15, 0.2) is 74.4 Å². The fraction of sp³-hybridized carbons (Fsp3) is 0.292. The van der Waals surface area contributed by atoms with Gasteiger partial charge in [0.25, 0.3) is 0 Å². The van der Waals surface area contributed by atoms with Crippen LogP contribution in [0.1, 0.15) is 39.2 Å². The van der Waals surface area contributed by atoms with Crippen molar-refractivity contribution in [2.75, 3.05) is 13.2 Å². The Hall–Kier alpha value is -3.41. The lowest BCUT2D eigenvalue weighted by Gasteiger charge is -1.97. The molecule has 0 atom stereocenters. The van der Waals surface area contributed by atoms with Crippen molar-refractivity contribution in [3.05, 3.63) is 79.9 Å². The standard InChI is InChI=1S/C8H8.C7H12O2.C5H8O2.C4H6O2/c1-2-8-6-4-3-5-7-8;1-3-5-6-9-7(8)4-2;1-3-5(6)7-4-2;1-3(2)4(5)6/h2-7H,1H2;4H,2-3,5-6H2,1H3;3H,1,4H2,2H3;1H2,2H3,(H,5,6). The predicted molar refractivity (Wildman–Crippen MR) is 122 cm³/mol. The van der Waals surface area contributed by atoms with E-state index in [1.165, 1.54) is 18.6 Å². The maximum absolute atomic E-state index is 10.3. The molecular weight excluding hydrogens is 384 g/mol. The van der Waals surface area contributed by atoms with Crippen LogP contribution in [0.3, 0.4) is 0 Å². The molecule has 0 saturated carbocycles. The molecule has 0 amide bonds. The maximum Gasteiger partial charge on any atom is 0.330 e. The Morgan fingerprint density at radius 1 is 0.967 bits per heavy atom. The molecule has 0 aromatic heterocycles. The molecule has 0 unspecified atom stereocenters. The van der Waals surface area contributed by atoms with E-state index < -0.39 is 5.97 Å². The van der Waals surface area contributed by atoms with Crippen molar-refractivity contribution in [3.63, 3.8) is 0 Å². The first-order valence-corrected chi connectivity index (χ1v) is 9.34. The van der Waals surface area contributed by atoms with E-state index >= 15 is 0 Å². The Bertz CT molecular complexity index is 635. The molecule has 0 bridgehead atoms. The molecule has 1 aromatic rings. The highest BCUT2D eigenvalue weighted by molar-refractivity contribution is 5.84. The number of rotatable bonds is 8. The van der Waals surface area contributed by atoms with Gasteiger partial charge in [-0.2, -0.15) is 0 Å². The molecule has 0 fully saturated rings. The summed E-state index contributed by atoms with van der Waals surface area (Å²) in [6.45, 7) is 19.4. The van der Waals surface area contributed by atoms with E-state index in [1.54, 1.807) is 6.92 Å². The van der Waals surface area contributed by atoms with Gasteiger partial charge in [0.2, 0.25) is 0 Å². The van der Waals surface area contributed by atoms with Crippen molar-refractivity contribution < 1.29 is 29.0 Å². The number of carboxylic acid groups (broad SMARTS) is 1. The van der Waals surface area contributed by atoms with E-state index in [0.29, 0.717) is 13.2 Å². The van der Waals surface area contributed by atoms with Crippen molar-refractivity contribution in [1.82, 2.24) is 0 Å². The van der Waals surface area contributed by atoms with Crippen LogP contribution in [0.4, 0.5) is 0 Å². The summed E-state index contributed by atoms with van der Waals surface area (Å²) in [5.74, 6) is -1.62. The van der Waals surface area contributed by atoms with Gasteiger partial charge in [-0.25, -0.2) is 14.4 Å². The number of hydrogen-bond acceptors (Lipinski definition) is 5. The maximum atomic E-state index is 10.3. The third-order valence-corrected chi connectivity index (χ3v) is 2.76. The number of carbonyl (C=O) groups excluding carboxylic acids is 2. The Labute approximate surface area is 180 Å². The molecular formula is C24H34O6. The monoisotopic (exact) mass is 418 g/mol. The van der Waals surface area contributed by atoms with Crippen LogP contribution in [-0.2, 0) is 23.9 Å². The second kappa shape index (κ2) is 23.6. The highest BCUT2D eigenvalue weighted by Crippen LogP contribution is 1.97. The van der Waals surface area contributed by atoms with Crippen LogP contribution < -0.4 is 0 Å². The first kappa shape index (κ1) is 31.3. The van der Waals surface area contributed by atoms with E-state index in [-0.39, 0.29) is 17.5 Å². The summed E-state index contributed by atoms with van der Waals surface area (Å²) in [6, 6.07) is 10.0. The van der Waals surface area contributed by atoms with Crippen LogP contribution in [0.5, 0.6) is 0 Å². The summed E-state index contributed by atoms with van der Waals surface area (Å²) in [5, 5.41) is 7.89. The Kier molecular flexibility index (Phi) is 24.6. The lowest BCUT2D eigenvalue weighted by molar-refractivity contribution is -0.138. The molecule has 0 heterocycles. The Balaban J connectivity index is -0.000000328.